The molecule has 0 aromatic heterocycles. The smallest absolute Gasteiger partial charge is 0.0252 e. The summed E-state index contributed by atoms with van der Waals surface area (Å²) in [5, 5.41) is 0. The molecule has 0 N–H and O–H groups in total. The Balaban J connectivity index is 1.89. The van der Waals surface area contributed by atoms with Gasteiger partial charge in [-0.05, 0) is 43.5 Å². The van der Waals surface area contributed by atoms with Crippen molar-refractivity contribution in [3.05, 3.63) is 34.3 Å². The molecular weight excluding hydrogens is 286 g/mol. The van der Waals surface area contributed by atoms with Gasteiger partial charge in [0.25, 0.3) is 0 Å². The second kappa shape index (κ2) is 6.04. The van der Waals surface area contributed by atoms with Gasteiger partial charge in [-0.1, -0.05) is 34.1 Å². The molecule has 1 aliphatic rings. The molecular formula is C13H17BrClN. The topological polar surface area (TPSA) is 3.24 Å². The number of alkyl halides is 1. The minimum atomic E-state index is 0.733. The molecule has 0 amide bonds. The van der Waals surface area contributed by atoms with Crippen molar-refractivity contribution < 1.29 is 0 Å². The van der Waals surface area contributed by atoms with Crippen molar-refractivity contribution in [2.24, 2.45) is 5.92 Å². The largest absolute Gasteiger partial charge is 0.299 e. The predicted molar refractivity (Wildman–Crippen MR) is 72.9 cm³/mol. The predicted octanol–water partition coefficient (Wildman–Crippen LogP) is 3.90. The highest BCUT2D eigenvalue weighted by Gasteiger charge is 2.18. The van der Waals surface area contributed by atoms with Gasteiger partial charge in [-0.15, -0.1) is 11.6 Å². The van der Waals surface area contributed by atoms with Gasteiger partial charge >= 0.3 is 0 Å². The van der Waals surface area contributed by atoms with E-state index in [0.717, 1.165) is 18.3 Å². The van der Waals surface area contributed by atoms with Crippen molar-refractivity contribution in [2.45, 2.75) is 19.4 Å². The number of hydrogen-bond donors (Lipinski definition) is 0. The van der Waals surface area contributed by atoms with Gasteiger partial charge < -0.3 is 0 Å². The quantitative estimate of drug-likeness (QED) is 0.766. The van der Waals surface area contributed by atoms with Gasteiger partial charge in [0.2, 0.25) is 0 Å². The summed E-state index contributed by atoms with van der Waals surface area (Å²) in [7, 11) is 0. The summed E-state index contributed by atoms with van der Waals surface area (Å²) in [5.41, 5.74) is 1.38. The van der Waals surface area contributed by atoms with E-state index in [-0.39, 0.29) is 0 Å². The van der Waals surface area contributed by atoms with Crippen molar-refractivity contribution in [1.29, 1.82) is 0 Å². The summed E-state index contributed by atoms with van der Waals surface area (Å²) < 4.78 is 1.22. The molecule has 0 unspecified atom stereocenters. The summed E-state index contributed by atoms with van der Waals surface area (Å²) in [6.45, 7) is 3.41. The zero-order chi connectivity index (χ0) is 11.4. The Hall–Kier alpha value is -0.0500. The van der Waals surface area contributed by atoms with Gasteiger partial charge in [0.05, 0.1) is 0 Å². The van der Waals surface area contributed by atoms with Crippen LogP contribution in [0.4, 0.5) is 0 Å². The van der Waals surface area contributed by atoms with Crippen LogP contribution in [0, 0.1) is 5.92 Å². The third-order valence-electron chi connectivity index (χ3n) is 3.28. The van der Waals surface area contributed by atoms with Crippen LogP contribution in [-0.2, 0) is 6.54 Å². The van der Waals surface area contributed by atoms with E-state index in [9.17, 15) is 0 Å². The van der Waals surface area contributed by atoms with E-state index in [2.05, 4.69) is 45.1 Å². The lowest BCUT2D eigenvalue weighted by molar-refractivity contribution is 0.186. The zero-order valence-electron chi connectivity index (χ0n) is 9.33. The van der Waals surface area contributed by atoms with Crippen LogP contribution in [0.2, 0.25) is 0 Å². The number of piperidine rings is 1. The molecule has 1 aromatic rings. The minimum absolute atomic E-state index is 0.733. The average Bonchev–Trinajstić information content (AvgIpc) is 2.33. The summed E-state index contributed by atoms with van der Waals surface area (Å²) in [5.74, 6) is 1.56. The molecule has 1 nitrogen and oxygen atoms in total. The molecule has 16 heavy (non-hydrogen) atoms. The van der Waals surface area contributed by atoms with Crippen LogP contribution in [-0.4, -0.2) is 23.9 Å². The number of hydrogen-bond acceptors (Lipinski definition) is 1. The van der Waals surface area contributed by atoms with Crippen molar-refractivity contribution in [3.8, 4) is 0 Å². The summed E-state index contributed by atoms with van der Waals surface area (Å²) in [6.07, 6.45) is 2.49. The molecule has 0 atom stereocenters. The van der Waals surface area contributed by atoms with E-state index >= 15 is 0 Å². The maximum atomic E-state index is 5.89. The maximum Gasteiger partial charge on any atom is 0.0252 e. The van der Waals surface area contributed by atoms with E-state index in [4.69, 9.17) is 11.6 Å². The lowest BCUT2D eigenvalue weighted by Gasteiger charge is -2.31. The van der Waals surface area contributed by atoms with E-state index in [1.54, 1.807) is 0 Å². The van der Waals surface area contributed by atoms with Crippen LogP contribution in [0.3, 0.4) is 0 Å². The molecule has 1 fully saturated rings. The van der Waals surface area contributed by atoms with Crippen molar-refractivity contribution in [1.82, 2.24) is 4.90 Å². The number of halogens is 2. The third kappa shape index (κ3) is 3.22. The zero-order valence-corrected chi connectivity index (χ0v) is 11.7. The Labute approximate surface area is 111 Å². The lowest BCUT2D eigenvalue weighted by Crippen LogP contribution is -2.33. The molecule has 88 valence electrons. The van der Waals surface area contributed by atoms with E-state index in [1.165, 1.54) is 36.0 Å². The van der Waals surface area contributed by atoms with Crippen LogP contribution >= 0.6 is 27.5 Å². The maximum absolute atomic E-state index is 5.89. The first-order valence-electron chi connectivity index (χ1n) is 5.81. The number of benzene rings is 1. The number of rotatable bonds is 3. The lowest BCUT2D eigenvalue weighted by atomic mass is 9.98. The first-order valence-corrected chi connectivity index (χ1v) is 7.14. The van der Waals surface area contributed by atoms with Crippen LogP contribution < -0.4 is 0 Å². The first-order chi connectivity index (χ1) is 7.79. The fourth-order valence-electron chi connectivity index (χ4n) is 2.17. The molecule has 1 aliphatic heterocycles. The molecule has 1 aromatic carbocycles. The molecule has 0 bridgehead atoms. The SMILES string of the molecule is ClCC1CCN(Cc2ccccc2Br)CC1. The van der Waals surface area contributed by atoms with E-state index < -0.39 is 0 Å². The van der Waals surface area contributed by atoms with Crippen LogP contribution in [0.5, 0.6) is 0 Å². The molecule has 2 rings (SSSR count). The van der Waals surface area contributed by atoms with Crippen molar-refractivity contribution >= 4 is 27.5 Å². The Morgan fingerprint density at radius 2 is 1.94 bits per heavy atom. The van der Waals surface area contributed by atoms with E-state index in [1.807, 2.05) is 0 Å². The molecule has 0 saturated carbocycles. The average molecular weight is 303 g/mol. The minimum Gasteiger partial charge on any atom is -0.299 e. The highest BCUT2D eigenvalue weighted by atomic mass is 79.9. The van der Waals surface area contributed by atoms with Gasteiger partial charge in [0.15, 0.2) is 0 Å². The monoisotopic (exact) mass is 301 g/mol. The fraction of sp³-hybridized carbons (Fsp3) is 0.538. The molecule has 1 heterocycles. The van der Waals surface area contributed by atoms with Crippen LogP contribution in [0.15, 0.2) is 28.7 Å². The Morgan fingerprint density at radius 3 is 2.56 bits per heavy atom. The number of likely N-dealkylation sites (tertiary alicyclic amines) is 1. The number of nitrogens with zero attached hydrogens (tertiary/aromatic N) is 1. The fourth-order valence-corrected chi connectivity index (χ4v) is 2.89. The van der Waals surface area contributed by atoms with Gasteiger partial charge in [-0.25, -0.2) is 0 Å². The van der Waals surface area contributed by atoms with E-state index in [0.29, 0.717) is 0 Å². The third-order valence-corrected chi connectivity index (χ3v) is 4.49. The van der Waals surface area contributed by atoms with Gasteiger partial charge in [0.1, 0.15) is 0 Å². The van der Waals surface area contributed by atoms with Crippen molar-refractivity contribution in [3.63, 3.8) is 0 Å². The second-order valence-electron chi connectivity index (χ2n) is 4.47. The van der Waals surface area contributed by atoms with Crippen LogP contribution in [0.1, 0.15) is 18.4 Å². The van der Waals surface area contributed by atoms with Crippen molar-refractivity contribution in [2.75, 3.05) is 19.0 Å². The summed E-state index contributed by atoms with van der Waals surface area (Å²) in [4.78, 5) is 2.52. The normalized spacial score (nSPS) is 18.9. The Morgan fingerprint density at radius 1 is 1.25 bits per heavy atom. The highest BCUT2D eigenvalue weighted by molar-refractivity contribution is 9.10. The Bertz CT molecular complexity index is 334. The first kappa shape index (κ1) is 12.4. The standard InChI is InChI=1S/C13H17BrClN/c14-13-4-2-1-3-12(13)10-16-7-5-11(9-15)6-8-16/h1-4,11H,5-10H2. The molecule has 0 radical (unpaired) electrons. The van der Waals surface area contributed by atoms with Gasteiger partial charge in [-0.3, -0.25) is 4.90 Å². The molecule has 1 saturated heterocycles. The highest BCUT2D eigenvalue weighted by Crippen LogP contribution is 2.22. The summed E-state index contributed by atoms with van der Waals surface area (Å²) in [6, 6.07) is 8.47. The van der Waals surface area contributed by atoms with Crippen LogP contribution in [0.25, 0.3) is 0 Å². The second-order valence-corrected chi connectivity index (χ2v) is 5.63. The molecule has 0 aliphatic carbocycles. The van der Waals surface area contributed by atoms with Gasteiger partial charge in [-0.2, -0.15) is 0 Å². The molecule has 0 spiro atoms. The summed E-state index contributed by atoms with van der Waals surface area (Å²) >= 11 is 9.49. The van der Waals surface area contributed by atoms with Gasteiger partial charge in [0, 0.05) is 16.9 Å². The molecule has 3 heteroatoms. The Kier molecular flexibility index (Phi) is 4.68.